The number of nitrogens with one attached hydrogen (secondary N) is 1. The van der Waals surface area contributed by atoms with Gasteiger partial charge in [-0.15, -0.1) is 0 Å². The van der Waals surface area contributed by atoms with Gasteiger partial charge in [-0.2, -0.15) is 5.10 Å². The van der Waals surface area contributed by atoms with Crippen molar-refractivity contribution in [2.75, 3.05) is 35.8 Å². The van der Waals surface area contributed by atoms with Gasteiger partial charge in [-0.25, -0.2) is 22.3 Å². The lowest BCUT2D eigenvalue weighted by Gasteiger charge is -2.32. The van der Waals surface area contributed by atoms with Gasteiger partial charge in [0.1, 0.15) is 11.6 Å². The molecule has 0 aliphatic carbocycles. The molecular weight excluding hydrogens is 513 g/mol. The molecule has 13 heteroatoms. The Morgan fingerprint density at radius 2 is 1.95 bits per heavy atom. The first-order chi connectivity index (χ1) is 18.3. The summed E-state index contributed by atoms with van der Waals surface area (Å²) in [7, 11) is -4.39. The van der Waals surface area contributed by atoms with Crippen molar-refractivity contribution in [1.82, 2.24) is 19.5 Å². The molecule has 4 heterocycles. The van der Waals surface area contributed by atoms with Crippen LogP contribution in [0.5, 0.6) is 0 Å². The van der Waals surface area contributed by atoms with Crippen molar-refractivity contribution >= 4 is 32.9 Å². The second kappa shape index (κ2) is 9.33. The van der Waals surface area contributed by atoms with Gasteiger partial charge in [-0.05, 0) is 49.7 Å². The first-order valence-electron chi connectivity index (χ1n) is 12.2. The number of hydrogen-bond acceptors (Lipinski definition) is 8. The van der Waals surface area contributed by atoms with E-state index in [0.717, 1.165) is 19.4 Å². The van der Waals surface area contributed by atoms with Crippen molar-refractivity contribution in [2.24, 2.45) is 0 Å². The normalized spacial score (nSPS) is 18.2. The lowest BCUT2D eigenvalue weighted by molar-refractivity contribution is -0.387. The molecular formula is C25H24FN7O4S. The Kier molecular flexibility index (Phi) is 5.95. The van der Waals surface area contributed by atoms with Gasteiger partial charge in [0.2, 0.25) is 0 Å². The number of nitro benzene ring substituents is 1. The number of para-hydroxylation sites is 1. The number of nitro groups is 1. The third kappa shape index (κ3) is 4.13. The predicted octanol–water partition coefficient (Wildman–Crippen LogP) is 3.53. The van der Waals surface area contributed by atoms with E-state index >= 15 is 4.39 Å². The molecule has 1 atom stereocenters. The molecule has 2 aliphatic heterocycles. The van der Waals surface area contributed by atoms with Crippen LogP contribution in [-0.4, -0.2) is 65.1 Å². The van der Waals surface area contributed by atoms with E-state index < -0.39 is 31.3 Å². The van der Waals surface area contributed by atoms with E-state index in [1.165, 1.54) is 57.5 Å². The van der Waals surface area contributed by atoms with Gasteiger partial charge in [-0.3, -0.25) is 19.3 Å². The molecule has 38 heavy (non-hydrogen) atoms. The summed E-state index contributed by atoms with van der Waals surface area (Å²) in [6.07, 6.45) is 4.86. The number of aromatic nitrogens is 3. The maximum Gasteiger partial charge on any atom is 0.289 e. The Morgan fingerprint density at radius 1 is 1.11 bits per heavy atom. The van der Waals surface area contributed by atoms with E-state index in [9.17, 15) is 18.5 Å². The minimum absolute atomic E-state index is 0.0619. The number of fused-ring (bicyclic) bond motifs is 5. The van der Waals surface area contributed by atoms with Crippen LogP contribution in [0.4, 0.5) is 21.6 Å². The standard InChI is InChI=1S/C25H24FN7O4S/c26-21-8-7-17-14-19(21)20-15-28-31-12-9-24(29-25(20)31)27-10-13-30-11-3-4-18(30)16-32(17)38(36,37)23-6-2-1-5-22(23)33(34)35/h1-2,5-9,12,14-15,18H,3-4,10-11,13,16H2,(H,27,29)/t18-/m0/s1. The molecule has 6 rings (SSSR count). The minimum atomic E-state index is -4.39. The van der Waals surface area contributed by atoms with Crippen molar-refractivity contribution in [3.63, 3.8) is 0 Å². The van der Waals surface area contributed by atoms with Crippen LogP contribution in [0.1, 0.15) is 12.8 Å². The Balaban J connectivity index is 1.56. The van der Waals surface area contributed by atoms with Crippen LogP contribution in [-0.2, 0) is 10.0 Å². The molecule has 0 radical (unpaired) electrons. The summed E-state index contributed by atoms with van der Waals surface area (Å²) in [5.41, 5.74) is 0.634. The molecule has 2 aromatic heterocycles. The quantitative estimate of drug-likeness (QED) is 0.311. The number of anilines is 2. The van der Waals surface area contributed by atoms with Crippen LogP contribution in [0.25, 0.3) is 16.8 Å². The molecule has 2 aromatic carbocycles. The molecule has 4 bridgehead atoms. The van der Waals surface area contributed by atoms with Crippen LogP contribution in [0.15, 0.2) is 65.8 Å². The zero-order valence-electron chi connectivity index (χ0n) is 20.2. The van der Waals surface area contributed by atoms with E-state index in [-0.39, 0.29) is 23.8 Å². The van der Waals surface area contributed by atoms with E-state index in [1.807, 2.05) is 0 Å². The average molecular weight is 538 g/mol. The first-order valence-corrected chi connectivity index (χ1v) is 13.7. The summed E-state index contributed by atoms with van der Waals surface area (Å²) in [5.74, 6) is 0.0608. The lowest BCUT2D eigenvalue weighted by Crippen LogP contribution is -2.44. The van der Waals surface area contributed by atoms with Crippen LogP contribution in [0.2, 0.25) is 0 Å². The topological polar surface area (TPSA) is 126 Å². The smallest absolute Gasteiger partial charge is 0.289 e. The summed E-state index contributed by atoms with van der Waals surface area (Å²) < 4.78 is 46.1. The molecule has 196 valence electrons. The summed E-state index contributed by atoms with van der Waals surface area (Å²) in [5, 5.41) is 19.3. The Morgan fingerprint density at radius 3 is 2.79 bits per heavy atom. The SMILES string of the molecule is O=[N+]([O-])c1ccccc1S(=O)(=O)N1C[C@@H]2CCCN2CCNc2ccn3ncc(c3n2)-c2cc1ccc2F. The van der Waals surface area contributed by atoms with Crippen LogP contribution in [0.3, 0.4) is 0 Å². The molecule has 4 aromatic rings. The van der Waals surface area contributed by atoms with Gasteiger partial charge in [0, 0.05) is 49.1 Å². The van der Waals surface area contributed by atoms with Crippen molar-refractivity contribution < 1.29 is 17.7 Å². The minimum Gasteiger partial charge on any atom is -0.369 e. The average Bonchev–Trinajstić information content (AvgIpc) is 3.54. The van der Waals surface area contributed by atoms with Crippen molar-refractivity contribution in [2.45, 2.75) is 23.8 Å². The zero-order chi connectivity index (χ0) is 26.4. The zero-order valence-corrected chi connectivity index (χ0v) is 21.0. The monoisotopic (exact) mass is 537 g/mol. The molecule has 0 amide bonds. The summed E-state index contributed by atoms with van der Waals surface area (Å²) in [6.45, 7) is 2.07. The van der Waals surface area contributed by atoms with E-state index in [2.05, 4.69) is 20.3 Å². The van der Waals surface area contributed by atoms with E-state index in [1.54, 1.807) is 12.3 Å². The predicted molar refractivity (Wildman–Crippen MR) is 139 cm³/mol. The fourth-order valence-electron chi connectivity index (χ4n) is 5.23. The summed E-state index contributed by atoms with van der Waals surface area (Å²) >= 11 is 0. The van der Waals surface area contributed by atoms with Gasteiger partial charge in [0.25, 0.3) is 15.7 Å². The fourth-order valence-corrected chi connectivity index (χ4v) is 6.89. The highest BCUT2D eigenvalue weighted by Crippen LogP contribution is 2.36. The van der Waals surface area contributed by atoms with Gasteiger partial charge >= 0.3 is 0 Å². The second-order valence-corrected chi connectivity index (χ2v) is 11.2. The maximum absolute atomic E-state index is 15.2. The Bertz CT molecular complexity index is 1660. The van der Waals surface area contributed by atoms with E-state index in [4.69, 9.17) is 0 Å². The van der Waals surface area contributed by atoms with Gasteiger partial charge < -0.3 is 5.32 Å². The van der Waals surface area contributed by atoms with Crippen molar-refractivity contribution in [3.8, 4) is 11.1 Å². The number of sulfonamides is 1. The molecule has 0 saturated carbocycles. The van der Waals surface area contributed by atoms with E-state index in [0.29, 0.717) is 30.1 Å². The number of halogens is 1. The number of hydrogen-bond donors (Lipinski definition) is 1. The maximum atomic E-state index is 15.2. The Labute approximate surface area is 217 Å². The molecule has 2 aliphatic rings. The fraction of sp³-hybridized carbons (Fsp3) is 0.280. The highest BCUT2D eigenvalue weighted by atomic mass is 32.2. The molecule has 0 unspecified atom stereocenters. The highest BCUT2D eigenvalue weighted by molar-refractivity contribution is 7.93. The molecule has 1 fully saturated rings. The summed E-state index contributed by atoms with van der Waals surface area (Å²) in [6, 6.07) is 11.0. The highest BCUT2D eigenvalue weighted by Gasteiger charge is 2.36. The van der Waals surface area contributed by atoms with Crippen LogP contribution < -0.4 is 9.62 Å². The lowest BCUT2D eigenvalue weighted by atomic mass is 10.1. The molecule has 0 spiro atoms. The van der Waals surface area contributed by atoms with Crippen LogP contribution >= 0.6 is 0 Å². The number of rotatable bonds is 3. The first kappa shape index (κ1) is 24.2. The number of nitrogens with zero attached hydrogens (tertiary/aromatic N) is 6. The molecule has 11 nitrogen and oxygen atoms in total. The largest absolute Gasteiger partial charge is 0.369 e. The van der Waals surface area contributed by atoms with Crippen LogP contribution in [0, 0.1) is 15.9 Å². The van der Waals surface area contributed by atoms with Gasteiger partial charge in [-0.1, -0.05) is 12.1 Å². The third-order valence-electron chi connectivity index (χ3n) is 7.11. The van der Waals surface area contributed by atoms with Crippen molar-refractivity contribution in [1.29, 1.82) is 0 Å². The number of benzene rings is 2. The molecule has 1 N–H and O–H groups in total. The Hall–Kier alpha value is -4.10. The van der Waals surface area contributed by atoms with Crippen molar-refractivity contribution in [3.05, 3.63) is 76.9 Å². The van der Waals surface area contributed by atoms with Gasteiger partial charge in [0.15, 0.2) is 10.5 Å². The van der Waals surface area contributed by atoms with Gasteiger partial charge in [0.05, 0.1) is 16.8 Å². The third-order valence-corrected chi connectivity index (χ3v) is 8.95. The second-order valence-electron chi connectivity index (χ2n) is 9.32. The summed E-state index contributed by atoms with van der Waals surface area (Å²) in [4.78, 5) is 17.4. The molecule has 1 saturated heterocycles.